The first kappa shape index (κ1) is 28.7. The molecule has 212 valence electrons. The maximum absolute atomic E-state index is 12.9. The van der Waals surface area contributed by atoms with Crippen LogP contribution in [0, 0.1) is 0 Å². The molecular formula is C26H30F3N3O6S. The number of ether oxygens (including phenoxy) is 2. The molecule has 1 N–H and O–H groups in total. The molecule has 39 heavy (non-hydrogen) atoms. The summed E-state index contributed by atoms with van der Waals surface area (Å²) in [5.74, 6) is -0.501. The first-order valence-electron chi connectivity index (χ1n) is 12.3. The molecular weight excluding hydrogens is 539 g/mol. The number of anilines is 1. The van der Waals surface area contributed by atoms with E-state index in [0.717, 1.165) is 35.5 Å². The van der Waals surface area contributed by atoms with Crippen LogP contribution in [-0.2, 0) is 26.0 Å². The highest BCUT2D eigenvalue weighted by atomic mass is 32.2. The first-order chi connectivity index (χ1) is 18.2. The zero-order chi connectivity index (χ0) is 28.4. The molecule has 0 saturated heterocycles. The number of rotatable bonds is 7. The Balaban J connectivity index is 1.33. The zero-order valence-corrected chi connectivity index (χ0v) is 22.5. The number of nitrogens with zero attached hydrogens (tertiary/aromatic N) is 2. The van der Waals surface area contributed by atoms with E-state index in [9.17, 15) is 26.4 Å². The van der Waals surface area contributed by atoms with Crippen LogP contribution < -0.4 is 15.1 Å². The fourth-order valence-electron chi connectivity index (χ4n) is 4.31. The molecule has 4 rings (SSSR count). The summed E-state index contributed by atoms with van der Waals surface area (Å²) in [6, 6.07) is 11.4. The number of alkyl halides is 3. The van der Waals surface area contributed by atoms with Gasteiger partial charge in [-0.25, -0.2) is 13.2 Å². The molecule has 0 radical (unpaired) electrons. The normalized spacial score (nSPS) is 18.4. The van der Waals surface area contributed by atoms with Gasteiger partial charge in [0.25, 0.3) is 0 Å². The van der Waals surface area contributed by atoms with Crippen LogP contribution in [0.3, 0.4) is 0 Å². The van der Waals surface area contributed by atoms with E-state index in [-0.39, 0.29) is 30.6 Å². The Hall–Kier alpha value is -3.29. The largest absolute Gasteiger partial charge is 0.573 e. The lowest BCUT2D eigenvalue weighted by atomic mass is 10.1. The van der Waals surface area contributed by atoms with Crippen LogP contribution in [-0.4, -0.2) is 56.5 Å². The Labute approximate surface area is 225 Å². The van der Waals surface area contributed by atoms with E-state index in [4.69, 9.17) is 9.57 Å². The van der Waals surface area contributed by atoms with Crippen molar-refractivity contribution >= 4 is 21.8 Å². The van der Waals surface area contributed by atoms with E-state index < -0.39 is 33.8 Å². The number of para-hydroxylation sites is 1. The summed E-state index contributed by atoms with van der Waals surface area (Å²) in [6.45, 7) is 5.76. The van der Waals surface area contributed by atoms with E-state index in [1.165, 1.54) is 4.31 Å². The van der Waals surface area contributed by atoms with Crippen LogP contribution in [0.2, 0.25) is 0 Å². The summed E-state index contributed by atoms with van der Waals surface area (Å²) < 4.78 is 73.5. The number of carbonyl (C=O) groups excluding carboxylic acids is 1. The van der Waals surface area contributed by atoms with Crippen molar-refractivity contribution in [1.82, 2.24) is 9.79 Å². The number of amides is 1. The summed E-state index contributed by atoms with van der Waals surface area (Å²) in [5.41, 5.74) is 4.66. The van der Waals surface area contributed by atoms with Crippen molar-refractivity contribution < 1.29 is 40.7 Å². The minimum absolute atomic E-state index is 0.0493. The highest BCUT2D eigenvalue weighted by Gasteiger charge is 2.37. The number of fused-ring (bicyclic) bond motifs is 1. The number of nitrogens with one attached hydrogen (secondary N) is 1. The molecule has 1 atom stereocenters. The van der Waals surface area contributed by atoms with Crippen molar-refractivity contribution in [1.29, 1.82) is 0 Å². The van der Waals surface area contributed by atoms with Crippen molar-refractivity contribution in [2.75, 3.05) is 24.6 Å². The highest BCUT2D eigenvalue weighted by Crippen LogP contribution is 2.33. The maximum atomic E-state index is 12.9. The van der Waals surface area contributed by atoms with Gasteiger partial charge in [-0.15, -0.1) is 13.2 Å². The predicted octanol–water partition coefficient (Wildman–Crippen LogP) is 4.75. The lowest BCUT2D eigenvalue weighted by Gasteiger charge is -2.29. The highest BCUT2D eigenvalue weighted by molar-refractivity contribution is 7.89. The average molecular weight is 570 g/mol. The molecule has 0 aromatic heterocycles. The van der Waals surface area contributed by atoms with E-state index in [2.05, 4.69) is 10.2 Å². The van der Waals surface area contributed by atoms with Gasteiger partial charge in [-0.2, -0.15) is 4.31 Å². The molecule has 0 fully saturated rings. The van der Waals surface area contributed by atoms with Crippen LogP contribution in [0.1, 0.15) is 32.8 Å². The van der Waals surface area contributed by atoms with Gasteiger partial charge in [0.1, 0.15) is 11.4 Å². The molecule has 0 spiro atoms. The third-order valence-corrected chi connectivity index (χ3v) is 7.89. The fraction of sp³-hybridized carbons (Fsp3) is 0.423. The Bertz CT molecular complexity index is 1320. The van der Waals surface area contributed by atoms with Crippen LogP contribution in [0.15, 0.2) is 65.2 Å². The molecule has 2 aromatic carbocycles. The number of carbonyl (C=O) groups is 1. The molecule has 0 aliphatic carbocycles. The molecule has 2 aromatic rings. The molecule has 1 unspecified atom stereocenters. The fourth-order valence-corrected chi connectivity index (χ4v) is 5.69. The predicted molar refractivity (Wildman–Crippen MR) is 136 cm³/mol. The summed E-state index contributed by atoms with van der Waals surface area (Å²) in [4.78, 5) is 20.1. The summed E-state index contributed by atoms with van der Waals surface area (Å²) in [5, 5.41) is 0. The minimum Gasteiger partial charge on any atom is -0.443 e. The number of benzene rings is 2. The molecule has 0 bridgehead atoms. The van der Waals surface area contributed by atoms with Crippen LogP contribution in [0.5, 0.6) is 5.75 Å². The van der Waals surface area contributed by atoms with Gasteiger partial charge in [0.15, 0.2) is 0 Å². The summed E-state index contributed by atoms with van der Waals surface area (Å²) >= 11 is 0. The lowest BCUT2D eigenvalue weighted by molar-refractivity contribution is -0.274. The second-order valence-corrected chi connectivity index (χ2v) is 12.0. The molecule has 2 aliphatic heterocycles. The van der Waals surface area contributed by atoms with Gasteiger partial charge in [0.05, 0.1) is 23.2 Å². The second-order valence-electron chi connectivity index (χ2n) is 10.1. The molecule has 0 saturated carbocycles. The maximum Gasteiger partial charge on any atom is 0.573 e. The van der Waals surface area contributed by atoms with Gasteiger partial charge in [-0.3, -0.25) is 15.2 Å². The van der Waals surface area contributed by atoms with Crippen molar-refractivity contribution in [2.45, 2.75) is 56.5 Å². The van der Waals surface area contributed by atoms with Crippen LogP contribution in [0.4, 0.5) is 23.7 Å². The third-order valence-electron chi connectivity index (χ3n) is 6.01. The number of hydrogen-bond acceptors (Lipinski definition) is 7. The van der Waals surface area contributed by atoms with Crippen molar-refractivity contribution in [3.8, 4) is 5.75 Å². The van der Waals surface area contributed by atoms with E-state index >= 15 is 0 Å². The van der Waals surface area contributed by atoms with Crippen molar-refractivity contribution in [2.24, 2.45) is 0 Å². The molecule has 2 heterocycles. The Morgan fingerprint density at radius 2 is 1.77 bits per heavy atom. The molecule has 9 nitrogen and oxygen atoms in total. The number of halogens is 3. The average Bonchev–Trinajstić information content (AvgIpc) is 3.21. The van der Waals surface area contributed by atoms with Gasteiger partial charge < -0.3 is 9.47 Å². The summed E-state index contributed by atoms with van der Waals surface area (Å²) in [7, 11) is -3.92. The topological polar surface area (TPSA) is 97.4 Å². The van der Waals surface area contributed by atoms with Gasteiger partial charge in [-0.1, -0.05) is 18.2 Å². The van der Waals surface area contributed by atoms with E-state index in [1.54, 1.807) is 31.7 Å². The van der Waals surface area contributed by atoms with Gasteiger partial charge in [-0.05, 0) is 69.2 Å². The number of sulfonamides is 1. The minimum atomic E-state index is -4.86. The van der Waals surface area contributed by atoms with E-state index in [0.29, 0.717) is 18.5 Å². The Kier molecular flexibility index (Phi) is 8.14. The van der Waals surface area contributed by atoms with Crippen LogP contribution in [0.25, 0.3) is 0 Å². The van der Waals surface area contributed by atoms with Crippen LogP contribution >= 0.6 is 0 Å². The van der Waals surface area contributed by atoms with Crippen molar-refractivity contribution in [3.05, 3.63) is 65.9 Å². The third kappa shape index (κ3) is 7.22. The Morgan fingerprint density at radius 1 is 1.08 bits per heavy atom. The monoisotopic (exact) mass is 569 g/mol. The van der Waals surface area contributed by atoms with Crippen molar-refractivity contribution in [3.63, 3.8) is 0 Å². The molecule has 2 aliphatic rings. The molecule has 1 amide bonds. The van der Waals surface area contributed by atoms with Gasteiger partial charge in [0.2, 0.25) is 10.0 Å². The number of hydroxylamine groups is 1. The Morgan fingerprint density at radius 3 is 2.38 bits per heavy atom. The quantitative estimate of drug-likeness (QED) is 0.481. The van der Waals surface area contributed by atoms with Gasteiger partial charge in [0, 0.05) is 25.2 Å². The van der Waals surface area contributed by atoms with Gasteiger partial charge >= 0.3 is 12.5 Å². The summed E-state index contributed by atoms with van der Waals surface area (Å²) in [6.07, 6.45) is -2.74. The van der Waals surface area contributed by atoms with E-state index in [1.807, 2.05) is 24.3 Å². The smallest absolute Gasteiger partial charge is 0.443 e. The lowest BCUT2D eigenvalue weighted by Crippen LogP contribution is -2.44. The second kappa shape index (κ2) is 11.1. The standard InChI is InChI=1S/C26H30F3N3O6S/c1-25(2,3)38-24(33)32-20(16-18-6-4-5-7-23(18)32)17-36-30-19-12-14-31(15-13-19)39(34,35)22-10-8-21(9-11-22)37-26(27,28)29/h4-12,20,30H,13-17H2,1-3H3. The SMILES string of the molecule is CC(C)(C)OC(=O)N1c2ccccc2CC1CONC1=CCN(S(=O)(=O)c2ccc(OC(F)(F)F)cc2)CC1. The first-order valence-corrected chi connectivity index (χ1v) is 13.7. The molecule has 13 heteroatoms. The zero-order valence-electron chi connectivity index (χ0n) is 21.7. The number of hydrogen-bond donors (Lipinski definition) is 1.